The Kier molecular flexibility index (Phi) is 2.87. The molecule has 0 spiro atoms. The standard InChI is InChI=1S/C13H19N3O/c1-17-13-6-12(14-9-15-13)16-7-10-4-2-3-5-11(10)8-16/h6,9-11H,2-5,7-8H2,1H3. The smallest absolute Gasteiger partial charge is 0.218 e. The molecule has 1 aliphatic carbocycles. The minimum absolute atomic E-state index is 0.657. The molecule has 1 saturated carbocycles. The molecule has 1 aromatic rings. The molecule has 2 fully saturated rings. The fourth-order valence-corrected chi connectivity index (χ4v) is 3.21. The maximum atomic E-state index is 5.16. The third kappa shape index (κ3) is 2.08. The van der Waals surface area contributed by atoms with Gasteiger partial charge in [-0.05, 0) is 24.7 Å². The van der Waals surface area contributed by atoms with Gasteiger partial charge in [-0.25, -0.2) is 9.97 Å². The summed E-state index contributed by atoms with van der Waals surface area (Å²) in [6.45, 7) is 2.32. The summed E-state index contributed by atoms with van der Waals surface area (Å²) in [4.78, 5) is 10.8. The summed E-state index contributed by atoms with van der Waals surface area (Å²) in [5.74, 6) is 3.44. The van der Waals surface area contributed by atoms with E-state index in [0.29, 0.717) is 5.88 Å². The summed E-state index contributed by atoms with van der Waals surface area (Å²) in [7, 11) is 1.65. The monoisotopic (exact) mass is 233 g/mol. The van der Waals surface area contributed by atoms with Crippen LogP contribution in [0.15, 0.2) is 12.4 Å². The highest BCUT2D eigenvalue weighted by atomic mass is 16.5. The van der Waals surface area contributed by atoms with E-state index in [1.807, 2.05) is 6.07 Å². The second-order valence-electron chi connectivity index (χ2n) is 5.13. The van der Waals surface area contributed by atoms with Crippen molar-refractivity contribution >= 4 is 5.82 Å². The van der Waals surface area contributed by atoms with Crippen molar-refractivity contribution in [1.29, 1.82) is 0 Å². The van der Waals surface area contributed by atoms with Crippen LogP contribution in [0.25, 0.3) is 0 Å². The quantitative estimate of drug-likeness (QED) is 0.784. The Labute approximate surface area is 102 Å². The third-order valence-electron chi connectivity index (χ3n) is 4.14. The van der Waals surface area contributed by atoms with Gasteiger partial charge in [0.1, 0.15) is 12.1 Å². The Balaban J connectivity index is 1.76. The number of rotatable bonds is 2. The highest BCUT2D eigenvalue weighted by Crippen LogP contribution is 2.37. The summed E-state index contributed by atoms with van der Waals surface area (Å²) in [5.41, 5.74) is 0. The summed E-state index contributed by atoms with van der Waals surface area (Å²) in [6.07, 6.45) is 7.19. The van der Waals surface area contributed by atoms with Crippen molar-refractivity contribution in [2.24, 2.45) is 11.8 Å². The van der Waals surface area contributed by atoms with E-state index in [9.17, 15) is 0 Å². The maximum absolute atomic E-state index is 5.16. The van der Waals surface area contributed by atoms with Gasteiger partial charge in [0.25, 0.3) is 0 Å². The van der Waals surface area contributed by atoms with E-state index in [0.717, 1.165) is 30.7 Å². The molecule has 2 atom stereocenters. The molecule has 2 unspecified atom stereocenters. The molecule has 4 nitrogen and oxygen atoms in total. The molecule has 0 radical (unpaired) electrons. The molecular formula is C13H19N3O. The van der Waals surface area contributed by atoms with Crippen LogP contribution in [0, 0.1) is 11.8 Å². The van der Waals surface area contributed by atoms with Crippen molar-refractivity contribution < 1.29 is 4.74 Å². The zero-order valence-corrected chi connectivity index (χ0v) is 10.3. The largest absolute Gasteiger partial charge is 0.481 e. The molecule has 2 aliphatic rings. The zero-order valence-electron chi connectivity index (χ0n) is 10.3. The third-order valence-corrected chi connectivity index (χ3v) is 4.14. The van der Waals surface area contributed by atoms with Crippen LogP contribution in [-0.2, 0) is 0 Å². The van der Waals surface area contributed by atoms with Gasteiger partial charge in [-0.15, -0.1) is 0 Å². The van der Waals surface area contributed by atoms with Crippen LogP contribution in [-0.4, -0.2) is 30.2 Å². The van der Waals surface area contributed by atoms with Gasteiger partial charge in [-0.2, -0.15) is 0 Å². The SMILES string of the molecule is COc1cc(N2CC3CCCCC3C2)ncn1. The number of methoxy groups -OCH3 is 1. The molecule has 2 heterocycles. The number of hydrogen-bond acceptors (Lipinski definition) is 4. The number of ether oxygens (including phenoxy) is 1. The maximum Gasteiger partial charge on any atom is 0.218 e. The molecule has 3 rings (SSSR count). The van der Waals surface area contributed by atoms with Gasteiger partial charge in [0.05, 0.1) is 7.11 Å². The van der Waals surface area contributed by atoms with E-state index >= 15 is 0 Å². The number of nitrogens with zero attached hydrogens (tertiary/aromatic N) is 3. The van der Waals surface area contributed by atoms with Crippen LogP contribution in [0.1, 0.15) is 25.7 Å². The number of fused-ring (bicyclic) bond motifs is 1. The van der Waals surface area contributed by atoms with Crippen molar-refractivity contribution in [3.63, 3.8) is 0 Å². The van der Waals surface area contributed by atoms with Crippen molar-refractivity contribution in [2.75, 3.05) is 25.1 Å². The van der Waals surface area contributed by atoms with Gasteiger partial charge in [0.15, 0.2) is 0 Å². The summed E-state index contributed by atoms with van der Waals surface area (Å²) >= 11 is 0. The minimum atomic E-state index is 0.657. The second kappa shape index (κ2) is 4.51. The van der Waals surface area contributed by atoms with Crippen molar-refractivity contribution in [3.05, 3.63) is 12.4 Å². The van der Waals surface area contributed by atoms with E-state index in [4.69, 9.17) is 4.74 Å². The van der Waals surface area contributed by atoms with Gasteiger partial charge < -0.3 is 9.64 Å². The van der Waals surface area contributed by atoms with E-state index < -0.39 is 0 Å². The van der Waals surface area contributed by atoms with E-state index in [1.54, 1.807) is 13.4 Å². The Bertz CT molecular complexity index is 382. The van der Waals surface area contributed by atoms with Crippen molar-refractivity contribution in [2.45, 2.75) is 25.7 Å². The number of aromatic nitrogens is 2. The lowest BCUT2D eigenvalue weighted by Crippen LogP contribution is -2.21. The van der Waals surface area contributed by atoms with Crippen LogP contribution < -0.4 is 9.64 Å². The number of anilines is 1. The van der Waals surface area contributed by atoms with Gasteiger partial charge in [-0.1, -0.05) is 12.8 Å². The zero-order chi connectivity index (χ0) is 11.7. The molecule has 1 saturated heterocycles. The Hall–Kier alpha value is -1.32. The van der Waals surface area contributed by atoms with Gasteiger partial charge in [-0.3, -0.25) is 0 Å². The molecular weight excluding hydrogens is 214 g/mol. The fraction of sp³-hybridized carbons (Fsp3) is 0.692. The van der Waals surface area contributed by atoms with Crippen LogP contribution in [0.5, 0.6) is 5.88 Å². The summed E-state index contributed by atoms with van der Waals surface area (Å²) < 4.78 is 5.16. The first-order valence-corrected chi connectivity index (χ1v) is 6.48. The first-order valence-electron chi connectivity index (χ1n) is 6.48. The topological polar surface area (TPSA) is 38.2 Å². The van der Waals surface area contributed by atoms with E-state index in [2.05, 4.69) is 14.9 Å². The summed E-state index contributed by atoms with van der Waals surface area (Å²) in [6, 6.07) is 1.94. The first kappa shape index (κ1) is 10.8. The molecule has 0 aromatic carbocycles. The molecule has 1 aromatic heterocycles. The lowest BCUT2D eigenvalue weighted by atomic mass is 9.82. The minimum Gasteiger partial charge on any atom is -0.481 e. The average molecular weight is 233 g/mol. The highest BCUT2D eigenvalue weighted by molar-refractivity contribution is 5.42. The molecule has 1 aliphatic heterocycles. The van der Waals surface area contributed by atoms with Crippen molar-refractivity contribution in [1.82, 2.24) is 9.97 Å². The van der Waals surface area contributed by atoms with Crippen LogP contribution in [0.2, 0.25) is 0 Å². The van der Waals surface area contributed by atoms with E-state index in [1.165, 1.54) is 25.7 Å². The molecule has 0 bridgehead atoms. The van der Waals surface area contributed by atoms with E-state index in [-0.39, 0.29) is 0 Å². The average Bonchev–Trinajstić information content (AvgIpc) is 2.82. The molecule has 0 N–H and O–H groups in total. The highest BCUT2D eigenvalue weighted by Gasteiger charge is 2.34. The lowest BCUT2D eigenvalue weighted by Gasteiger charge is -2.22. The molecule has 92 valence electrons. The Morgan fingerprint density at radius 1 is 1.18 bits per heavy atom. The number of hydrogen-bond donors (Lipinski definition) is 0. The predicted molar refractivity (Wildman–Crippen MR) is 66.2 cm³/mol. The Morgan fingerprint density at radius 3 is 2.53 bits per heavy atom. The molecule has 0 amide bonds. The van der Waals surface area contributed by atoms with Crippen LogP contribution >= 0.6 is 0 Å². The summed E-state index contributed by atoms with van der Waals surface area (Å²) in [5, 5.41) is 0. The first-order chi connectivity index (χ1) is 8.36. The fourth-order valence-electron chi connectivity index (χ4n) is 3.21. The van der Waals surface area contributed by atoms with Crippen LogP contribution in [0.3, 0.4) is 0 Å². The predicted octanol–water partition coefficient (Wildman–Crippen LogP) is 2.11. The van der Waals surface area contributed by atoms with Crippen molar-refractivity contribution in [3.8, 4) is 5.88 Å². The van der Waals surface area contributed by atoms with Gasteiger partial charge in [0, 0.05) is 19.2 Å². The normalized spacial score (nSPS) is 27.9. The van der Waals surface area contributed by atoms with Gasteiger partial charge in [0.2, 0.25) is 5.88 Å². The molecule has 4 heteroatoms. The Morgan fingerprint density at radius 2 is 1.88 bits per heavy atom. The van der Waals surface area contributed by atoms with Gasteiger partial charge >= 0.3 is 0 Å². The lowest BCUT2D eigenvalue weighted by molar-refractivity contribution is 0.299. The molecule has 17 heavy (non-hydrogen) atoms. The van der Waals surface area contributed by atoms with Crippen LogP contribution in [0.4, 0.5) is 5.82 Å². The second-order valence-corrected chi connectivity index (χ2v) is 5.13.